The van der Waals surface area contributed by atoms with Crippen molar-refractivity contribution >= 4 is 0 Å². The summed E-state index contributed by atoms with van der Waals surface area (Å²) in [5.74, 6) is 5.18. The van der Waals surface area contributed by atoms with Crippen molar-refractivity contribution in [1.82, 2.24) is 15.3 Å². The van der Waals surface area contributed by atoms with E-state index in [2.05, 4.69) is 29.2 Å². The molecule has 0 radical (unpaired) electrons. The van der Waals surface area contributed by atoms with E-state index in [-0.39, 0.29) is 11.9 Å². The molecule has 0 aliphatic rings. The van der Waals surface area contributed by atoms with Gasteiger partial charge in [0.15, 0.2) is 0 Å². The monoisotopic (exact) mass is 240 g/mol. The summed E-state index contributed by atoms with van der Waals surface area (Å²) >= 11 is 0. The molecule has 0 amide bonds. The van der Waals surface area contributed by atoms with Crippen molar-refractivity contribution in [3.63, 3.8) is 0 Å². The molecule has 1 heterocycles. The molecule has 0 saturated carbocycles. The first-order valence-electron chi connectivity index (χ1n) is 6.00. The quantitative estimate of drug-likeness (QED) is 0.559. The molecule has 1 atom stereocenters. The average Bonchev–Trinajstić information content (AvgIpc) is 2.35. The zero-order valence-electron chi connectivity index (χ0n) is 10.5. The Morgan fingerprint density at radius 1 is 1.41 bits per heavy atom. The molecule has 5 heteroatoms. The summed E-state index contributed by atoms with van der Waals surface area (Å²) in [5, 5.41) is 0. The van der Waals surface area contributed by atoms with Crippen LogP contribution in [0.3, 0.4) is 0 Å². The van der Waals surface area contributed by atoms with Crippen LogP contribution >= 0.6 is 0 Å². The van der Waals surface area contributed by atoms with Crippen LogP contribution in [0.1, 0.15) is 31.9 Å². The molecule has 0 aliphatic carbocycles. The van der Waals surface area contributed by atoms with Gasteiger partial charge >= 0.3 is 0 Å². The Kier molecular flexibility index (Phi) is 6.04. The summed E-state index contributed by atoms with van der Waals surface area (Å²) in [6, 6.07) is 1.42. The van der Waals surface area contributed by atoms with Crippen LogP contribution < -0.4 is 11.3 Å². The standard InChI is InChI=1S/C12H21FN4/c1-3-17(4-2)6-5-12(16-14)10-7-11(13)9-15-8-10/h7-9,12,16H,3-6,14H2,1-2H3. The number of rotatable bonds is 7. The topological polar surface area (TPSA) is 54.2 Å². The number of aromatic nitrogens is 1. The van der Waals surface area contributed by atoms with E-state index in [0.29, 0.717) is 0 Å². The Bertz CT molecular complexity index is 328. The normalized spacial score (nSPS) is 13.0. The Morgan fingerprint density at radius 2 is 2.12 bits per heavy atom. The van der Waals surface area contributed by atoms with Gasteiger partial charge in [0, 0.05) is 12.2 Å². The second kappa shape index (κ2) is 7.32. The number of hydrogen-bond donors (Lipinski definition) is 2. The molecular formula is C12H21FN4. The van der Waals surface area contributed by atoms with E-state index in [1.807, 2.05) is 0 Å². The molecule has 0 aromatic carbocycles. The number of hydrogen-bond acceptors (Lipinski definition) is 4. The zero-order chi connectivity index (χ0) is 12.7. The van der Waals surface area contributed by atoms with Gasteiger partial charge in [0.1, 0.15) is 5.82 Å². The van der Waals surface area contributed by atoms with Crippen LogP contribution in [0.25, 0.3) is 0 Å². The van der Waals surface area contributed by atoms with Gasteiger partial charge in [0.05, 0.1) is 6.20 Å². The number of nitrogens with two attached hydrogens (primary N) is 1. The average molecular weight is 240 g/mol. The minimum atomic E-state index is -0.328. The van der Waals surface area contributed by atoms with Crippen LogP contribution in [0.5, 0.6) is 0 Å². The van der Waals surface area contributed by atoms with Crippen LogP contribution in [0.15, 0.2) is 18.5 Å². The fraction of sp³-hybridized carbons (Fsp3) is 0.583. The van der Waals surface area contributed by atoms with E-state index < -0.39 is 0 Å². The summed E-state index contributed by atoms with van der Waals surface area (Å²) < 4.78 is 13.1. The van der Waals surface area contributed by atoms with Gasteiger partial charge in [-0.2, -0.15) is 0 Å². The molecule has 3 N–H and O–H groups in total. The lowest BCUT2D eigenvalue weighted by Crippen LogP contribution is -2.32. The highest BCUT2D eigenvalue weighted by molar-refractivity contribution is 5.14. The van der Waals surface area contributed by atoms with Crippen LogP contribution in [0.4, 0.5) is 4.39 Å². The SMILES string of the molecule is CCN(CC)CCC(NN)c1cncc(F)c1. The molecule has 1 unspecified atom stereocenters. The first-order valence-corrected chi connectivity index (χ1v) is 6.00. The third-order valence-corrected chi connectivity index (χ3v) is 2.96. The molecule has 1 rings (SSSR count). The van der Waals surface area contributed by atoms with Gasteiger partial charge in [-0.15, -0.1) is 0 Å². The summed E-state index contributed by atoms with van der Waals surface area (Å²) in [7, 11) is 0. The highest BCUT2D eigenvalue weighted by Crippen LogP contribution is 2.16. The van der Waals surface area contributed by atoms with Crippen molar-refractivity contribution in [2.75, 3.05) is 19.6 Å². The molecular weight excluding hydrogens is 219 g/mol. The second-order valence-corrected chi connectivity index (χ2v) is 3.97. The van der Waals surface area contributed by atoms with Gasteiger partial charge in [-0.3, -0.25) is 16.3 Å². The summed E-state index contributed by atoms with van der Waals surface area (Å²) in [5.41, 5.74) is 3.51. The largest absolute Gasteiger partial charge is 0.304 e. The second-order valence-electron chi connectivity index (χ2n) is 3.97. The third-order valence-electron chi connectivity index (χ3n) is 2.96. The van der Waals surface area contributed by atoms with E-state index in [1.54, 1.807) is 6.20 Å². The molecule has 0 bridgehead atoms. The van der Waals surface area contributed by atoms with Crippen molar-refractivity contribution in [2.24, 2.45) is 5.84 Å². The Labute approximate surface area is 102 Å². The summed E-state index contributed by atoms with van der Waals surface area (Å²) in [6.07, 6.45) is 3.68. The predicted molar refractivity (Wildman–Crippen MR) is 66.7 cm³/mol. The zero-order valence-corrected chi connectivity index (χ0v) is 10.5. The van der Waals surface area contributed by atoms with Crippen molar-refractivity contribution in [3.05, 3.63) is 29.8 Å². The molecule has 0 aliphatic heterocycles. The first kappa shape index (κ1) is 14.0. The fourth-order valence-corrected chi connectivity index (χ4v) is 1.82. The molecule has 0 fully saturated rings. The lowest BCUT2D eigenvalue weighted by Gasteiger charge is -2.22. The highest BCUT2D eigenvalue weighted by atomic mass is 19.1. The van der Waals surface area contributed by atoms with Gasteiger partial charge in [-0.25, -0.2) is 4.39 Å². The van der Waals surface area contributed by atoms with Crippen LogP contribution in [-0.4, -0.2) is 29.5 Å². The maximum atomic E-state index is 13.1. The maximum Gasteiger partial charge on any atom is 0.141 e. The molecule has 96 valence electrons. The van der Waals surface area contributed by atoms with E-state index >= 15 is 0 Å². The highest BCUT2D eigenvalue weighted by Gasteiger charge is 2.12. The van der Waals surface area contributed by atoms with E-state index in [4.69, 9.17) is 5.84 Å². The smallest absolute Gasteiger partial charge is 0.141 e. The fourth-order valence-electron chi connectivity index (χ4n) is 1.82. The lowest BCUT2D eigenvalue weighted by atomic mass is 10.1. The number of pyridine rings is 1. The number of nitrogens with one attached hydrogen (secondary N) is 1. The lowest BCUT2D eigenvalue weighted by molar-refractivity contribution is 0.282. The Hall–Kier alpha value is -1.04. The van der Waals surface area contributed by atoms with Gasteiger partial charge in [-0.05, 0) is 37.7 Å². The van der Waals surface area contributed by atoms with Crippen molar-refractivity contribution in [3.8, 4) is 0 Å². The summed E-state index contributed by atoms with van der Waals surface area (Å²) in [4.78, 5) is 6.14. The van der Waals surface area contributed by atoms with E-state index in [0.717, 1.165) is 31.6 Å². The molecule has 0 spiro atoms. The molecule has 17 heavy (non-hydrogen) atoms. The van der Waals surface area contributed by atoms with Crippen LogP contribution in [-0.2, 0) is 0 Å². The molecule has 1 aromatic heterocycles. The van der Waals surface area contributed by atoms with Crippen molar-refractivity contribution < 1.29 is 4.39 Å². The van der Waals surface area contributed by atoms with Gasteiger partial charge < -0.3 is 4.90 Å². The molecule has 4 nitrogen and oxygen atoms in total. The van der Waals surface area contributed by atoms with Crippen molar-refractivity contribution in [1.29, 1.82) is 0 Å². The Balaban J connectivity index is 2.59. The van der Waals surface area contributed by atoms with E-state index in [1.165, 1.54) is 12.3 Å². The number of halogens is 1. The van der Waals surface area contributed by atoms with Crippen molar-refractivity contribution in [2.45, 2.75) is 26.3 Å². The third kappa shape index (κ3) is 4.38. The Morgan fingerprint density at radius 3 is 2.65 bits per heavy atom. The first-order chi connectivity index (χ1) is 8.21. The van der Waals surface area contributed by atoms with Crippen LogP contribution in [0, 0.1) is 5.82 Å². The summed E-state index contributed by atoms with van der Waals surface area (Å²) in [6.45, 7) is 7.19. The minimum Gasteiger partial charge on any atom is -0.304 e. The maximum absolute atomic E-state index is 13.1. The number of hydrazine groups is 1. The minimum absolute atomic E-state index is 0.0567. The molecule has 0 saturated heterocycles. The molecule has 1 aromatic rings. The van der Waals surface area contributed by atoms with Gasteiger partial charge in [-0.1, -0.05) is 13.8 Å². The number of nitrogens with zero attached hydrogens (tertiary/aromatic N) is 2. The van der Waals surface area contributed by atoms with Gasteiger partial charge in [0.25, 0.3) is 0 Å². The predicted octanol–water partition coefficient (Wildman–Crippen LogP) is 1.46. The van der Waals surface area contributed by atoms with E-state index in [9.17, 15) is 4.39 Å². The van der Waals surface area contributed by atoms with Crippen LogP contribution in [0.2, 0.25) is 0 Å². The van der Waals surface area contributed by atoms with Gasteiger partial charge in [0.2, 0.25) is 0 Å².